The molecule has 0 radical (unpaired) electrons. The Bertz CT molecular complexity index is 2190. The molecule has 1 fully saturated rings. The summed E-state index contributed by atoms with van der Waals surface area (Å²) in [5.41, 5.74) is 8.16. The second-order valence-electron chi connectivity index (χ2n) is 13.9. The zero-order valence-electron chi connectivity index (χ0n) is 30.7. The molecular weight excluding hydrogens is 685 g/mol. The molecule has 10 nitrogen and oxygen atoms in total. The van der Waals surface area contributed by atoms with Gasteiger partial charge in [0.15, 0.2) is 12.1 Å². The third kappa shape index (κ3) is 7.48. The van der Waals surface area contributed by atoms with Crippen LogP contribution in [0.2, 0.25) is 0 Å². The van der Waals surface area contributed by atoms with Crippen molar-refractivity contribution in [3.05, 3.63) is 125 Å². The molecule has 1 aliphatic rings. The van der Waals surface area contributed by atoms with Crippen molar-refractivity contribution in [2.75, 3.05) is 37.0 Å². The summed E-state index contributed by atoms with van der Waals surface area (Å²) in [5, 5.41) is 0. The van der Waals surface area contributed by atoms with Gasteiger partial charge in [-0.2, -0.15) is 0 Å². The summed E-state index contributed by atoms with van der Waals surface area (Å²) < 4.78 is 11.1. The number of carbonyl (C=O) groups excluding carboxylic acids is 2. The standard InChI is InChI=1S/C42H44N6O4S/c1-27(2)22-48(32-11-8-10-31(20-32)46(4)23-30-21-43-25-44-30)42(50)40-28(3)18-39(53-40)35-16-15-29(19-38(35)51-5)33-12-6-7-13-34(33)37-14-9-17-47(37)41(49)36-24-52-26-45-36/h6-8,10-13,15-16,18-21,24-27,37H,9,14,17,22-23H2,1-5H3,(H,43,44)/t37-/m0/s1. The number of likely N-dealkylation sites (tertiary alicyclic amines) is 1. The molecule has 53 heavy (non-hydrogen) atoms. The average Bonchev–Trinajstić information content (AvgIpc) is 4.02. The van der Waals surface area contributed by atoms with Gasteiger partial charge in [0.1, 0.15) is 12.0 Å². The van der Waals surface area contributed by atoms with E-state index in [1.54, 1.807) is 13.4 Å². The number of carbonyl (C=O) groups is 2. The number of methoxy groups -OCH3 is 1. The maximum atomic E-state index is 14.4. The van der Waals surface area contributed by atoms with E-state index in [2.05, 4.69) is 82.2 Å². The second kappa shape index (κ2) is 15.5. The van der Waals surface area contributed by atoms with Gasteiger partial charge in [-0.1, -0.05) is 50.2 Å². The van der Waals surface area contributed by atoms with Crippen molar-refractivity contribution in [2.24, 2.45) is 5.92 Å². The fourth-order valence-electron chi connectivity index (χ4n) is 7.15. The van der Waals surface area contributed by atoms with E-state index in [1.165, 1.54) is 24.0 Å². The van der Waals surface area contributed by atoms with Crippen molar-refractivity contribution in [1.29, 1.82) is 0 Å². The number of oxazole rings is 1. The number of anilines is 2. The van der Waals surface area contributed by atoms with Gasteiger partial charge in [0.25, 0.3) is 11.8 Å². The molecular formula is C42H44N6O4S. The molecule has 272 valence electrons. The fourth-order valence-corrected chi connectivity index (χ4v) is 8.30. The summed E-state index contributed by atoms with van der Waals surface area (Å²) in [7, 11) is 3.71. The second-order valence-corrected chi connectivity index (χ2v) is 15.0. The average molecular weight is 729 g/mol. The Kier molecular flexibility index (Phi) is 10.5. The molecule has 6 aromatic rings. The first-order valence-corrected chi connectivity index (χ1v) is 18.7. The van der Waals surface area contributed by atoms with Crippen LogP contribution in [0.5, 0.6) is 5.75 Å². The summed E-state index contributed by atoms with van der Waals surface area (Å²) >= 11 is 1.49. The van der Waals surface area contributed by atoms with Gasteiger partial charge >= 0.3 is 0 Å². The maximum Gasteiger partial charge on any atom is 0.276 e. The topological polar surface area (TPSA) is 108 Å². The first kappa shape index (κ1) is 35.7. The Morgan fingerprint density at radius 3 is 2.64 bits per heavy atom. The highest BCUT2D eigenvalue weighted by Gasteiger charge is 2.33. The van der Waals surface area contributed by atoms with Crippen LogP contribution >= 0.6 is 11.3 Å². The van der Waals surface area contributed by atoms with Gasteiger partial charge in [-0.15, -0.1) is 11.3 Å². The van der Waals surface area contributed by atoms with Gasteiger partial charge in [0.2, 0.25) is 0 Å². The predicted molar refractivity (Wildman–Crippen MR) is 210 cm³/mol. The molecule has 3 aromatic heterocycles. The lowest BCUT2D eigenvalue weighted by atomic mass is 9.92. The number of rotatable bonds is 12. The van der Waals surface area contributed by atoms with E-state index in [0.29, 0.717) is 36.0 Å². The third-order valence-corrected chi connectivity index (χ3v) is 11.0. The number of aromatic amines is 1. The number of benzene rings is 3. The van der Waals surface area contributed by atoms with Crippen LogP contribution in [-0.4, -0.2) is 58.9 Å². The van der Waals surface area contributed by atoms with Gasteiger partial charge in [0.05, 0.1) is 36.6 Å². The number of H-pyrrole nitrogens is 1. The molecule has 0 saturated carbocycles. The van der Waals surface area contributed by atoms with Crippen LogP contribution in [0.15, 0.2) is 102 Å². The normalized spacial score (nSPS) is 14.2. The predicted octanol–water partition coefficient (Wildman–Crippen LogP) is 9.03. The van der Waals surface area contributed by atoms with E-state index in [-0.39, 0.29) is 23.8 Å². The molecule has 1 aliphatic heterocycles. The molecule has 0 spiro atoms. The lowest BCUT2D eigenvalue weighted by molar-refractivity contribution is 0.0729. The van der Waals surface area contributed by atoms with Gasteiger partial charge in [-0.25, -0.2) is 9.97 Å². The molecule has 2 amide bonds. The van der Waals surface area contributed by atoms with E-state index in [9.17, 15) is 9.59 Å². The van der Waals surface area contributed by atoms with Crippen molar-refractivity contribution < 1.29 is 18.7 Å². The van der Waals surface area contributed by atoms with Crippen LogP contribution in [0.4, 0.5) is 11.4 Å². The van der Waals surface area contributed by atoms with Crippen LogP contribution in [0.1, 0.15) is 69.7 Å². The van der Waals surface area contributed by atoms with E-state index < -0.39 is 0 Å². The Hall–Kier alpha value is -5.68. The van der Waals surface area contributed by atoms with Crippen molar-refractivity contribution in [1.82, 2.24) is 19.9 Å². The molecule has 1 atom stereocenters. The lowest BCUT2D eigenvalue weighted by Crippen LogP contribution is -2.34. The van der Waals surface area contributed by atoms with E-state index in [0.717, 1.165) is 62.6 Å². The molecule has 3 aromatic carbocycles. The Morgan fingerprint density at radius 1 is 1.06 bits per heavy atom. The summed E-state index contributed by atoms with van der Waals surface area (Å²) in [5.74, 6) is 0.829. The minimum Gasteiger partial charge on any atom is -0.496 e. The molecule has 7 rings (SSSR count). The SMILES string of the molecule is COc1cc(-c2ccccc2[C@@H]2CCCN2C(=O)c2cocn2)ccc1-c1cc(C)c(C(=O)N(CC(C)C)c2cccc(N(C)Cc3cnc[nH]3)c2)s1. The number of nitrogens with zero attached hydrogens (tertiary/aromatic N) is 5. The van der Waals surface area contributed by atoms with Crippen LogP contribution in [0.25, 0.3) is 21.6 Å². The van der Waals surface area contributed by atoms with Gasteiger partial charge in [0, 0.05) is 48.1 Å². The maximum absolute atomic E-state index is 14.4. The molecule has 0 bridgehead atoms. The Labute approximate surface area is 314 Å². The Balaban J connectivity index is 1.17. The van der Waals surface area contributed by atoms with Crippen molar-refractivity contribution in [3.8, 4) is 27.3 Å². The number of hydrogen-bond donors (Lipinski definition) is 1. The molecule has 1 saturated heterocycles. The van der Waals surface area contributed by atoms with Crippen molar-refractivity contribution >= 4 is 34.5 Å². The van der Waals surface area contributed by atoms with Crippen LogP contribution in [0.3, 0.4) is 0 Å². The molecule has 4 heterocycles. The van der Waals surface area contributed by atoms with E-state index >= 15 is 0 Å². The third-order valence-electron chi connectivity index (χ3n) is 9.71. The minimum absolute atomic E-state index is 0.0216. The fraction of sp³-hybridized carbons (Fsp3) is 0.286. The number of hydrogen-bond acceptors (Lipinski definition) is 8. The summed E-state index contributed by atoms with van der Waals surface area (Å²) in [6, 6.07) is 24.6. The quantitative estimate of drug-likeness (QED) is 0.134. The van der Waals surface area contributed by atoms with Crippen LogP contribution in [-0.2, 0) is 6.54 Å². The Morgan fingerprint density at radius 2 is 1.89 bits per heavy atom. The van der Waals surface area contributed by atoms with Crippen LogP contribution in [0, 0.1) is 12.8 Å². The number of aromatic nitrogens is 3. The summed E-state index contributed by atoms with van der Waals surface area (Å²) in [4.78, 5) is 46.8. The van der Waals surface area contributed by atoms with Crippen molar-refractivity contribution in [3.63, 3.8) is 0 Å². The number of ether oxygens (including phenoxy) is 1. The van der Waals surface area contributed by atoms with E-state index in [1.807, 2.05) is 54.2 Å². The largest absolute Gasteiger partial charge is 0.496 e. The minimum atomic E-state index is -0.125. The van der Waals surface area contributed by atoms with Crippen molar-refractivity contribution in [2.45, 2.75) is 46.2 Å². The highest BCUT2D eigenvalue weighted by molar-refractivity contribution is 7.17. The molecule has 0 unspecified atom stereocenters. The highest BCUT2D eigenvalue weighted by atomic mass is 32.1. The zero-order chi connectivity index (χ0) is 37.1. The lowest BCUT2D eigenvalue weighted by Gasteiger charge is -2.27. The molecule has 11 heteroatoms. The van der Waals surface area contributed by atoms with Crippen LogP contribution < -0.4 is 14.5 Å². The monoisotopic (exact) mass is 728 g/mol. The first-order valence-electron chi connectivity index (χ1n) is 17.9. The summed E-state index contributed by atoms with van der Waals surface area (Å²) in [6.45, 7) is 8.17. The first-order chi connectivity index (χ1) is 25.7. The smallest absolute Gasteiger partial charge is 0.276 e. The number of nitrogens with one attached hydrogen (secondary N) is 1. The van der Waals surface area contributed by atoms with Gasteiger partial charge < -0.3 is 28.8 Å². The number of amides is 2. The van der Waals surface area contributed by atoms with E-state index in [4.69, 9.17) is 9.15 Å². The number of aryl methyl sites for hydroxylation is 1. The highest BCUT2D eigenvalue weighted by Crippen LogP contribution is 2.43. The van der Waals surface area contributed by atoms with Gasteiger partial charge in [-0.05, 0) is 84.3 Å². The van der Waals surface area contributed by atoms with Gasteiger partial charge in [-0.3, -0.25) is 9.59 Å². The summed E-state index contributed by atoms with van der Waals surface area (Å²) in [6.07, 6.45) is 7.97. The molecule has 0 aliphatic carbocycles. The number of imidazole rings is 1. The zero-order valence-corrected chi connectivity index (χ0v) is 31.5. The molecule has 1 N–H and O–H groups in total. The number of thiophene rings is 1.